The van der Waals surface area contributed by atoms with Crippen molar-refractivity contribution in [3.8, 4) is 20.9 Å². The van der Waals surface area contributed by atoms with Crippen molar-refractivity contribution in [2.24, 2.45) is 5.73 Å². The van der Waals surface area contributed by atoms with E-state index in [2.05, 4.69) is 21.0 Å². The van der Waals surface area contributed by atoms with E-state index in [9.17, 15) is 9.59 Å². The van der Waals surface area contributed by atoms with E-state index in [-0.39, 0.29) is 12.5 Å². The number of pyridine rings is 2. The SMILES string of the molecule is CN(Cc1cccc(Nc2sc(-c3cc(Cl)ccc3Cl)cc2C(N)=O)n1)NC(=O)c1cc(-c2cc(Cl)ccc2Cl)sc1Nc1cccc(CN2CCCC2)n1. The van der Waals surface area contributed by atoms with E-state index in [0.717, 1.165) is 35.1 Å². The summed E-state index contributed by atoms with van der Waals surface area (Å²) in [5.74, 6) is 0.170. The highest BCUT2D eigenvalue weighted by atomic mass is 35.5. The second kappa shape index (κ2) is 17.3. The average Bonchev–Trinajstić information content (AvgIpc) is 3.92. The highest BCUT2D eigenvalue weighted by Gasteiger charge is 2.22. The molecule has 6 aromatic rings. The number of nitrogens with one attached hydrogen (secondary N) is 3. The lowest BCUT2D eigenvalue weighted by molar-refractivity contribution is 0.0819. The largest absolute Gasteiger partial charge is 0.366 e. The second-order valence-corrected chi connectivity index (χ2v) is 16.7. The normalized spacial score (nSPS) is 13.0. The van der Waals surface area contributed by atoms with E-state index in [1.54, 1.807) is 66.7 Å². The Morgan fingerprint density at radius 1 is 0.745 bits per heavy atom. The topological polar surface area (TPSA) is 129 Å². The zero-order chi connectivity index (χ0) is 38.6. The van der Waals surface area contributed by atoms with Crippen LogP contribution in [0.2, 0.25) is 20.1 Å². The Morgan fingerprint density at radius 2 is 1.27 bits per heavy atom. The van der Waals surface area contributed by atoms with Crippen LogP contribution >= 0.6 is 69.1 Å². The van der Waals surface area contributed by atoms with Gasteiger partial charge in [-0.2, -0.15) is 0 Å². The average molecular weight is 853 g/mol. The van der Waals surface area contributed by atoms with Crippen molar-refractivity contribution >= 4 is 103 Å². The third-order valence-electron chi connectivity index (χ3n) is 8.73. The Balaban J connectivity index is 1.09. The van der Waals surface area contributed by atoms with Crippen molar-refractivity contribution < 1.29 is 9.59 Å². The van der Waals surface area contributed by atoms with Crippen LogP contribution in [-0.2, 0) is 13.1 Å². The number of rotatable bonds is 13. The molecule has 0 unspecified atom stereocenters. The lowest BCUT2D eigenvalue weighted by atomic mass is 10.1. The number of hydrogen-bond donors (Lipinski definition) is 4. The second-order valence-electron chi connectivity index (χ2n) is 12.9. The molecule has 4 aromatic heterocycles. The van der Waals surface area contributed by atoms with Gasteiger partial charge in [-0.05, 0) is 98.7 Å². The summed E-state index contributed by atoms with van der Waals surface area (Å²) >= 11 is 28.3. The highest BCUT2D eigenvalue weighted by molar-refractivity contribution is 7.20. The van der Waals surface area contributed by atoms with Crippen molar-refractivity contribution in [2.45, 2.75) is 25.9 Å². The number of amides is 2. The molecule has 55 heavy (non-hydrogen) atoms. The van der Waals surface area contributed by atoms with Crippen LogP contribution in [0.3, 0.4) is 0 Å². The fourth-order valence-electron chi connectivity index (χ4n) is 6.15. The van der Waals surface area contributed by atoms with Gasteiger partial charge in [-0.25, -0.2) is 15.0 Å². The van der Waals surface area contributed by atoms with E-state index in [0.29, 0.717) is 69.7 Å². The molecule has 10 nitrogen and oxygen atoms in total. The monoisotopic (exact) mass is 850 g/mol. The van der Waals surface area contributed by atoms with E-state index in [1.165, 1.54) is 35.5 Å². The van der Waals surface area contributed by atoms with Crippen molar-refractivity contribution in [3.63, 3.8) is 0 Å². The maximum absolute atomic E-state index is 14.0. The number of benzene rings is 2. The minimum atomic E-state index is -0.601. The summed E-state index contributed by atoms with van der Waals surface area (Å²) in [5.41, 5.74) is 12.4. The van der Waals surface area contributed by atoms with Crippen molar-refractivity contribution in [1.82, 2.24) is 25.3 Å². The predicted molar refractivity (Wildman–Crippen MR) is 227 cm³/mol. The quantitative estimate of drug-likeness (QED) is 0.0846. The van der Waals surface area contributed by atoms with Crippen LogP contribution in [0.15, 0.2) is 84.9 Å². The number of carbonyl (C=O) groups is 2. The van der Waals surface area contributed by atoms with Gasteiger partial charge in [-0.3, -0.25) is 19.9 Å². The number of thiophene rings is 2. The number of hydrazine groups is 1. The molecular formula is C39H34Cl4N8O2S2. The Morgan fingerprint density at radius 3 is 1.85 bits per heavy atom. The van der Waals surface area contributed by atoms with Gasteiger partial charge in [-0.1, -0.05) is 58.5 Å². The molecule has 0 aliphatic carbocycles. The molecule has 16 heteroatoms. The van der Waals surface area contributed by atoms with E-state index in [1.807, 2.05) is 30.3 Å². The summed E-state index contributed by atoms with van der Waals surface area (Å²) in [4.78, 5) is 39.8. The minimum Gasteiger partial charge on any atom is -0.366 e. The van der Waals surface area contributed by atoms with Crippen LogP contribution in [0, 0.1) is 0 Å². The molecular weight excluding hydrogens is 818 g/mol. The Labute approximate surface area is 346 Å². The smallest absolute Gasteiger partial charge is 0.268 e. The van der Waals surface area contributed by atoms with Gasteiger partial charge in [0.15, 0.2) is 0 Å². The van der Waals surface area contributed by atoms with Gasteiger partial charge in [0, 0.05) is 54.6 Å². The maximum atomic E-state index is 14.0. The summed E-state index contributed by atoms with van der Waals surface area (Å²) in [5, 5.41) is 11.4. The number of aromatic nitrogens is 2. The standard InChI is InChI=1S/C39H34Cl4N8O2S2/c1-50(20-24-6-4-8-34(45-24)47-38-28(36(44)52)18-32(54-38)26-16-22(40)10-12-30(26)42)49-37(53)29-19-33(27-17-23(41)11-13-31(27)43)55-39(29)48-35-9-5-7-25(46-35)21-51-14-2-3-15-51/h4-13,16-19H,2-3,14-15,20-21H2,1H3,(H2,44,52)(H,45,47)(H,46,48)(H,49,53). The first-order chi connectivity index (χ1) is 26.5. The molecule has 5 heterocycles. The third-order valence-corrected chi connectivity index (χ3v) is 12.0. The summed E-state index contributed by atoms with van der Waals surface area (Å²) in [6.45, 7) is 3.16. The molecule has 2 amide bonds. The van der Waals surface area contributed by atoms with E-state index in [4.69, 9.17) is 62.1 Å². The number of likely N-dealkylation sites (tertiary alicyclic amines) is 1. The maximum Gasteiger partial charge on any atom is 0.268 e. The van der Waals surface area contributed by atoms with E-state index >= 15 is 0 Å². The molecule has 0 radical (unpaired) electrons. The van der Waals surface area contributed by atoms with Crippen LogP contribution in [0.25, 0.3) is 20.9 Å². The molecule has 0 spiro atoms. The fourth-order valence-corrected chi connectivity index (χ4v) is 9.24. The first-order valence-electron chi connectivity index (χ1n) is 17.2. The molecule has 1 saturated heterocycles. The van der Waals surface area contributed by atoms with Crippen molar-refractivity contribution in [2.75, 3.05) is 30.8 Å². The van der Waals surface area contributed by atoms with Gasteiger partial charge in [0.05, 0.1) is 29.1 Å². The molecule has 1 aliphatic rings. The van der Waals surface area contributed by atoms with E-state index < -0.39 is 5.91 Å². The molecule has 0 atom stereocenters. The lowest BCUT2D eigenvalue weighted by Gasteiger charge is -2.18. The van der Waals surface area contributed by atoms with Crippen molar-refractivity contribution in [1.29, 1.82) is 0 Å². The van der Waals surface area contributed by atoms with Gasteiger partial charge < -0.3 is 16.4 Å². The van der Waals surface area contributed by atoms with Crippen LogP contribution in [0.5, 0.6) is 0 Å². The third kappa shape index (κ3) is 9.60. The van der Waals surface area contributed by atoms with Crippen molar-refractivity contribution in [3.05, 3.63) is 128 Å². The molecule has 7 rings (SSSR count). The zero-order valence-electron chi connectivity index (χ0n) is 29.3. The lowest BCUT2D eigenvalue weighted by Crippen LogP contribution is -2.39. The van der Waals surface area contributed by atoms with Crippen LogP contribution in [-0.4, -0.2) is 51.8 Å². The fraction of sp³-hybridized carbons (Fsp3) is 0.179. The molecule has 0 saturated carbocycles. The van der Waals surface area contributed by atoms with Crippen LogP contribution in [0.4, 0.5) is 21.6 Å². The summed E-state index contributed by atoms with van der Waals surface area (Å²) < 4.78 is 0. The molecule has 1 aliphatic heterocycles. The molecule has 1 fully saturated rings. The summed E-state index contributed by atoms with van der Waals surface area (Å²) in [6.07, 6.45) is 2.39. The molecule has 5 N–H and O–H groups in total. The Hall–Kier alpha value is -4.24. The predicted octanol–water partition coefficient (Wildman–Crippen LogP) is 10.5. The number of hydrogen-bond acceptors (Lipinski definition) is 10. The number of halogens is 4. The van der Waals surface area contributed by atoms with Gasteiger partial charge in [0.2, 0.25) is 0 Å². The summed E-state index contributed by atoms with van der Waals surface area (Å²) in [7, 11) is 1.75. The number of nitrogens with zero attached hydrogens (tertiary/aromatic N) is 4. The van der Waals surface area contributed by atoms with Gasteiger partial charge in [0.1, 0.15) is 21.6 Å². The molecule has 282 valence electrons. The first kappa shape index (κ1) is 39.0. The zero-order valence-corrected chi connectivity index (χ0v) is 34.0. The van der Waals surface area contributed by atoms with Gasteiger partial charge >= 0.3 is 0 Å². The number of carbonyl (C=O) groups excluding carboxylic acids is 2. The van der Waals surface area contributed by atoms with Gasteiger partial charge in [-0.15, -0.1) is 22.7 Å². The summed E-state index contributed by atoms with van der Waals surface area (Å²) in [6, 6.07) is 25.2. The number of anilines is 4. The van der Waals surface area contributed by atoms with Crippen LogP contribution in [0.1, 0.15) is 44.9 Å². The number of nitrogens with two attached hydrogens (primary N) is 1. The van der Waals surface area contributed by atoms with Gasteiger partial charge in [0.25, 0.3) is 11.8 Å². The minimum absolute atomic E-state index is 0.262. The van der Waals surface area contributed by atoms with Crippen LogP contribution < -0.4 is 21.8 Å². The Kier molecular flexibility index (Phi) is 12.3. The first-order valence-corrected chi connectivity index (χ1v) is 20.3. The molecule has 0 bridgehead atoms. The Bertz CT molecular complexity index is 2380. The number of primary amides is 1. The molecule has 2 aromatic carbocycles. The highest BCUT2D eigenvalue weighted by Crippen LogP contribution is 2.42.